The Morgan fingerprint density at radius 3 is 2.31 bits per heavy atom. The summed E-state index contributed by atoms with van der Waals surface area (Å²) in [6.45, 7) is 2.13. The molecule has 1 heterocycles. The first-order valence-electron chi connectivity index (χ1n) is 11.5. The molecule has 4 aromatic rings. The molecular weight excluding hydrogens is 472 g/mol. The number of carbonyl (C=O) groups excluding carboxylic acids is 2. The summed E-state index contributed by atoms with van der Waals surface area (Å²) in [5.41, 5.74) is 3.85. The van der Waals surface area contributed by atoms with E-state index in [0.29, 0.717) is 28.4 Å². The van der Waals surface area contributed by atoms with Crippen LogP contribution in [0.5, 0.6) is 11.5 Å². The number of thioether (sulfide) groups is 1. The predicted molar refractivity (Wildman–Crippen MR) is 142 cm³/mol. The van der Waals surface area contributed by atoms with Crippen molar-refractivity contribution in [2.45, 2.75) is 17.1 Å². The van der Waals surface area contributed by atoms with Gasteiger partial charge < -0.3 is 20.1 Å². The average molecular weight is 497 g/mol. The quantitative estimate of drug-likeness (QED) is 0.288. The van der Waals surface area contributed by atoms with Crippen LogP contribution in [-0.4, -0.2) is 18.6 Å². The van der Waals surface area contributed by atoms with E-state index in [4.69, 9.17) is 9.47 Å². The third-order valence-corrected chi connectivity index (χ3v) is 6.89. The lowest BCUT2D eigenvalue weighted by molar-refractivity contribution is -0.115. The fourth-order valence-corrected chi connectivity index (χ4v) is 4.85. The molecule has 2 amide bonds. The molecule has 0 saturated carbocycles. The summed E-state index contributed by atoms with van der Waals surface area (Å²) in [5.74, 6) is 0.961. The van der Waals surface area contributed by atoms with Crippen LogP contribution in [0.2, 0.25) is 0 Å². The van der Waals surface area contributed by atoms with E-state index in [9.17, 15) is 9.59 Å². The van der Waals surface area contributed by atoms with E-state index in [2.05, 4.69) is 10.6 Å². The van der Waals surface area contributed by atoms with Gasteiger partial charge in [0.25, 0.3) is 5.91 Å². The molecule has 4 aromatic carbocycles. The highest BCUT2D eigenvalue weighted by Crippen LogP contribution is 2.38. The second-order valence-corrected chi connectivity index (χ2v) is 9.49. The van der Waals surface area contributed by atoms with Crippen LogP contribution in [0.3, 0.4) is 0 Å². The van der Waals surface area contributed by atoms with Gasteiger partial charge in [-0.05, 0) is 61.0 Å². The van der Waals surface area contributed by atoms with E-state index in [1.807, 2.05) is 79.7 Å². The van der Waals surface area contributed by atoms with Crippen molar-refractivity contribution < 1.29 is 19.1 Å². The first-order chi connectivity index (χ1) is 17.5. The number of benzene rings is 4. The number of anilines is 2. The Hall–Kier alpha value is -4.23. The van der Waals surface area contributed by atoms with Gasteiger partial charge in [0.2, 0.25) is 12.7 Å². The lowest BCUT2D eigenvalue weighted by atomic mass is 10.1. The average Bonchev–Trinajstić information content (AvgIpc) is 3.36. The van der Waals surface area contributed by atoms with Crippen molar-refractivity contribution in [2.24, 2.45) is 0 Å². The van der Waals surface area contributed by atoms with Crippen molar-refractivity contribution >= 4 is 35.0 Å². The van der Waals surface area contributed by atoms with Gasteiger partial charge in [-0.1, -0.05) is 48.0 Å². The van der Waals surface area contributed by atoms with Crippen LogP contribution < -0.4 is 20.1 Å². The van der Waals surface area contributed by atoms with Crippen molar-refractivity contribution in [1.29, 1.82) is 0 Å². The normalized spacial score (nSPS) is 12.6. The van der Waals surface area contributed by atoms with Gasteiger partial charge >= 0.3 is 0 Å². The van der Waals surface area contributed by atoms with Crippen molar-refractivity contribution in [3.63, 3.8) is 0 Å². The molecule has 5 rings (SSSR count). The molecule has 6 nitrogen and oxygen atoms in total. The maximum atomic E-state index is 13.4. The number of aryl methyl sites for hydroxylation is 1. The van der Waals surface area contributed by atoms with Gasteiger partial charge in [-0.15, -0.1) is 11.8 Å². The molecule has 1 atom stereocenters. The van der Waals surface area contributed by atoms with Gasteiger partial charge in [0.15, 0.2) is 11.5 Å². The third-order valence-electron chi connectivity index (χ3n) is 5.63. The summed E-state index contributed by atoms with van der Waals surface area (Å²) < 4.78 is 10.8. The van der Waals surface area contributed by atoms with Crippen LogP contribution >= 0.6 is 11.8 Å². The molecule has 0 spiro atoms. The van der Waals surface area contributed by atoms with Crippen LogP contribution in [0.25, 0.3) is 0 Å². The Morgan fingerprint density at radius 1 is 0.778 bits per heavy atom. The fraction of sp³-hybridized carbons (Fsp3) is 0.103. The van der Waals surface area contributed by atoms with Gasteiger partial charge in [0.1, 0.15) is 5.25 Å². The Kier molecular flexibility index (Phi) is 6.91. The topological polar surface area (TPSA) is 76.7 Å². The summed E-state index contributed by atoms with van der Waals surface area (Å²) in [6.07, 6.45) is 0. The highest BCUT2D eigenvalue weighted by atomic mass is 32.2. The highest BCUT2D eigenvalue weighted by molar-refractivity contribution is 8.00. The van der Waals surface area contributed by atoms with E-state index in [1.54, 1.807) is 24.3 Å². The SMILES string of the molecule is Cc1cccc(C(=O)Nc2ccc(SC(C(=O)Nc3ccc4c(c3)OCO4)c3ccccc3)cc2)c1. The number of amides is 2. The zero-order valence-electron chi connectivity index (χ0n) is 19.6. The molecule has 1 unspecified atom stereocenters. The van der Waals surface area contributed by atoms with Gasteiger partial charge in [-0.25, -0.2) is 0 Å². The van der Waals surface area contributed by atoms with Crippen LogP contribution in [-0.2, 0) is 4.79 Å². The molecule has 36 heavy (non-hydrogen) atoms. The van der Waals surface area contributed by atoms with Gasteiger partial charge in [0.05, 0.1) is 0 Å². The lowest BCUT2D eigenvalue weighted by Gasteiger charge is -2.17. The van der Waals surface area contributed by atoms with Crippen molar-refractivity contribution in [3.8, 4) is 11.5 Å². The summed E-state index contributed by atoms with van der Waals surface area (Å²) in [4.78, 5) is 26.8. The Bertz CT molecular complexity index is 1390. The highest BCUT2D eigenvalue weighted by Gasteiger charge is 2.23. The molecule has 0 bridgehead atoms. The predicted octanol–water partition coefficient (Wildman–Crippen LogP) is 6.45. The minimum Gasteiger partial charge on any atom is -0.454 e. The Morgan fingerprint density at radius 2 is 1.53 bits per heavy atom. The molecule has 0 aliphatic carbocycles. The second kappa shape index (κ2) is 10.6. The minimum absolute atomic E-state index is 0.151. The Labute approximate surface area is 213 Å². The molecule has 2 N–H and O–H groups in total. The molecule has 0 radical (unpaired) electrons. The molecule has 0 saturated heterocycles. The minimum atomic E-state index is -0.482. The van der Waals surface area contributed by atoms with Gasteiger partial charge in [0, 0.05) is 27.9 Å². The lowest BCUT2D eigenvalue weighted by Crippen LogP contribution is -2.19. The van der Waals surface area contributed by atoms with Crippen molar-refractivity contribution in [2.75, 3.05) is 17.4 Å². The molecule has 1 aliphatic rings. The molecule has 7 heteroatoms. The number of carbonyl (C=O) groups is 2. The first-order valence-corrected chi connectivity index (χ1v) is 12.3. The number of ether oxygens (including phenoxy) is 2. The van der Waals surface area contributed by atoms with E-state index >= 15 is 0 Å². The largest absolute Gasteiger partial charge is 0.454 e. The standard InChI is InChI=1S/C29H24N2O4S/c1-19-6-5-9-21(16-19)28(32)30-22-10-13-24(14-11-22)36-27(20-7-3-2-4-8-20)29(33)31-23-12-15-25-26(17-23)35-18-34-25/h2-17,27H,18H2,1H3,(H,30,32)(H,31,33). The summed E-state index contributed by atoms with van der Waals surface area (Å²) in [5, 5.41) is 5.44. The van der Waals surface area contributed by atoms with Crippen molar-refractivity contribution in [1.82, 2.24) is 0 Å². The maximum absolute atomic E-state index is 13.4. The van der Waals surface area contributed by atoms with Crippen LogP contribution in [0.4, 0.5) is 11.4 Å². The Balaban J connectivity index is 1.30. The molecule has 0 aromatic heterocycles. The van der Waals surface area contributed by atoms with Crippen LogP contribution in [0.15, 0.2) is 102 Å². The smallest absolute Gasteiger partial charge is 0.255 e. The van der Waals surface area contributed by atoms with E-state index in [-0.39, 0.29) is 18.6 Å². The summed E-state index contributed by atoms with van der Waals surface area (Å²) >= 11 is 1.44. The summed E-state index contributed by atoms with van der Waals surface area (Å²) in [7, 11) is 0. The van der Waals surface area contributed by atoms with Crippen LogP contribution in [0.1, 0.15) is 26.7 Å². The van der Waals surface area contributed by atoms with E-state index in [0.717, 1.165) is 16.0 Å². The number of hydrogen-bond donors (Lipinski definition) is 2. The van der Waals surface area contributed by atoms with E-state index in [1.165, 1.54) is 11.8 Å². The third kappa shape index (κ3) is 5.53. The molecular formula is C29H24N2O4S. The second-order valence-electron chi connectivity index (χ2n) is 8.31. The number of fused-ring (bicyclic) bond motifs is 1. The van der Waals surface area contributed by atoms with Crippen molar-refractivity contribution in [3.05, 3.63) is 114 Å². The fourth-order valence-electron chi connectivity index (χ4n) is 3.83. The zero-order chi connectivity index (χ0) is 24.9. The number of nitrogens with one attached hydrogen (secondary N) is 2. The van der Waals surface area contributed by atoms with Gasteiger partial charge in [-0.3, -0.25) is 9.59 Å². The zero-order valence-corrected chi connectivity index (χ0v) is 20.4. The molecule has 0 fully saturated rings. The number of rotatable bonds is 7. The first kappa shape index (κ1) is 23.5. The summed E-state index contributed by atoms with van der Waals surface area (Å²) in [6, 6.07) is 29.9. The maximum Gasteiger partial charge on any atom is 0.255 e. The number of hydrogen-bond acceptors (Lipinski definition) is 5. The molecule has 180 valence electrons. The molecule has 1 aliphatic heterocycles. The van der Waals surface area contributed by atoms with Gasteiger partial charge in [-0.2, -0.15) is 0 Å². The van der Waals surface area contributed by atoms with E-state index < -0.39 is 5.25 Å². The van der Waals surface area contributed by atoms with Crippen LogP contribution in [0, 0.1) is 6.92 Å². The monoisotopic (exact) mass is 496 g/mol.